The molecule has 131 heavy (non-hydrogen) atoms. The zero-order valence-corrected chi connectivity index (χ0v) is 76.0. The molecule has 16 aromatic rings. The van der Waals surface area contributed by atoms with Crippen molar-refractivity contribution in [3.8, 4) is 72.4 Å². The Morgan fingerprint density at radius 1 is 0.336 bits per heavy atom. The number of hydrogen-bond donors (Lipinski definition) is 0. The second kappa shape index (κ2) is 32.6. The number of anilines is 9. The van der Waals surface area contributed by atoms with E-state index in [0.717, 1.165) is 88.7 Å². The first-order chi connectivity index (χ1) is 64.2. The quantitative estimate of drug-likeness (QED) is 0.0951. The number of hydrogen-bond acceptors (Lipinski definition) is 3. The van der Waals surface area contributed by atoms with E-state index in [-0.39, 0.29) is 29.4 Å². The summed E-state index contributed by atoms with van der Waals surface area (Å²) in [6.07, 6.45) is 28.8. The highest BCUT2D eigenvalue weighted by molar-refractivity contribution is 7.00. The molecule has 2 saturated carbocycles. The second-order valence-electron chi connectivity index (χ2n) is 40.3. The van der Waals surface area contributed by atoms with Crippen molar-refractivity contribution in [3.05, 3.63) is 433 Å². The number of benzene rings is 15. The fourth-order valence-corrected chi connectivity index (χ4v) is 23.9. The molecule has 4 nitrogen and oxygen atoms in total. The number of rotatable bonds is 15. The molecule has 636 valence electrons. The first-order valence-electron chi connectivity index (χ1n) is 48.3. The van der Waals surface area contributed by atoms with Gasteiger partial charge in [0.05, 0.1) is 28.1 Å². The Morgan fingerprint density at radius 2 is 0.748 bits per heavy atom. The molecule has 3 unspecified atom stereocenters. The van der Waals surface area contributed by atoms with Gasteiger partial charge in [0.15, 0.2) is 0 Å². The topological polar surface area (TPSA) is 14.7 Å². The number of fused-ring (bicyclic) bond motifs is 7. The van der Waals surface area contributed by atoms with Crippen molar-refractivity contribution < 1.29 is 0 Å². The van der Waals surface area contributed by atoms with E-state index in [4.69, 9.17) is 0 Å². The summed E-state index contributed by atoms with van der Waals surface area (Å²) in [6, 6.07) is 136. The van der Waals surface area contributed by atoms with Crippen molar-refractivity contribution in [1.82, 2.24) is 4.57 Å². The highest BCUT2D eigenvalue weighted by Crippen LogP contribution is 2.61. The van der Waals surface area contributed by atoms with E-state index in [1.165, 1.54) is 194 Å². The Kier molecular flexibility index (Phi) is 20.0. The SMILES string of the molecule is CC(C)(C)C1=CC2=CC(c3ccc4c(c3)N(c3c(-c5ccccc5)cc(C5CCCCC5)cc3-c3ccccc3)c3cc(N(c5ccc(-c6ccccc6)cc5)c5ccc(-c6ccccc6)cc5)cc5c3B4c3ccc(-n4c6ccccc6c6ccccc64)cc3N5c3c(-c4ccccc4)cc(C4CCCCC4)cc3-c3ccccc3)=C3C=C(C(C)(C)C)CC4C=CC(=C1)C2C34. The second-order valence-corrected chi connectivity index (χ2v) is 40.3. The van der Waals surface area contributed by atoms with Gasteiger partial charge in [-0.3, -0.25) is 0 Å². The number of aromatic nitrogens is 1. The third-order valence-corrected chi connectivity index (χ3v) is 30.4. The summed E-state index contributed by atoms with van der Waals surface area (Å²) in [5.74, 6) is 1.66. The third kappa shape index (κ3) is 14.1. The molecule has 8 aliphatic rings. The monoisotopic (exact) mass is 1690 g/mol. The fourth-order valence-electron chi connectivity index (χ4n) is 23.9. The molecule has 5 heteroatoms. The van der Waals surface area contributed by atoms with E-state index in [1.54, 1.807) is 0 Å². The maximum Gasteiger partial charge on any atom is 0.252 e. The molecule has 0 saturated heterocycles. The van der Waals surface area contributed by atoms with Crippen LogP contribution < -0.4 is 31.1 Å². The maximum atomic E-state index is 2.85. The Morgan fingerprint density at radius 3 is 1.20 bits per heavy atom. The van der Waals surface area contributed by atoms with Crippen molar-refractivity contribution >= 4 is 102 Å². The molecule has 2 aliphatic heterocycles. The predicted octanol–water partition coefficient (Wildman–Crippen LogP) is 32.8. The molecule has 3 heterocycles. The van der Waals surface area contributed by atoms with E-state index in [0.29, 0.717) is 17.8 Å². The Hall–Kier alpha value is -14.0. The van der Waals surface area contributed by atoms with E-state index in [9.17, 15) is 0 Å². The van der Waals surface area contributed by atoms with E-state index in [2.05, 4.69) is 449 Å². The van der Waals surface area contributed by atoms with E-state index in [1.807, 2.05) is 0 Å². The summed E-state index contributed by atoms with van der Waals surface area (Å²) in [6.45, 7) is 14.2. The lowest BCUT2D eigenvalue weighted by Gasteiger charge is -2.48. The Balaban J connectivity index is 0.883. The largest absolute Gasteiger partial charge is 0.310 e. The van der Waals surface area contributed by atoms with Gasteiger partial charge in [-0.15, -0.1) is 0 Å². The van der Waals surface area contributed by atoms with Gasteiger partial charge in [-0.1, -0.05) is 383 Å². The molecule has 0 amide bonds. The molecule has 6 aliphatic carbocycles. The van der Waals surface area contributed by atoms with Gasteiger partial charge in [-0.25, -0.2) is 0 Å². The smallest absolute Gasteiger partial charge is 0.252 e. The normalized spacial score (nSPS) is 17.6. The minimum Gasteiger partial charge on any atom is -0.310 e. The molecule has 3 atom stereocenters. The van der Waals surface area contributed by atoms with Gasteiger partial charge >= 0.3 is 0 Å². The van der Waals surface area contributed by atoms with Crippen LogP contribution in [0.4, 0.5) is 51.2 Å². The van der Waals surface area contributed by atoms with Crippen LogP contribution in [-0.2, 0) is 0 Å². The molecule has 0 spiro atoms. The fraction of sp³-hybridized carbons (Fsp3) is 0.190. The lowest BCUT2D eigenvalue weighted by Crippen LogP contribution is -2.61. The molecule has 2 fully saturated rings. The van der Waals surface area contributed by atoms with Crippen molar-refractivity contribution in [3.63, 3.8) is 0 Å². The summed E-state index contributed by atoms with van der Waals surface area (Å²) in [4.78, 5) is 8.26. The van der Waals surface area contributed by atoms with Crippen LogP contribution in [-0.4, -0.2) is 11.3 Å². The number of allylic oxidation sites excluding steroid dienone is 12. The zero-order valence-electron chi connectivity index (χ0n) is 76.0. The molecular weight excluding hydrogens is 1580 g/mol. The molecule has 0 radical (unpaired) electrons. The summed E-state index contributed by atoms with van der Waals surface area (Å²) in [5, 5.41) is 2.46. The van der Waals surface area contributed by atoms with Crippen LogP contribution in [0.15, 0.2) is 416 Å². The van der Waals surface area contributed by atoms with Gasteiger partial charge in [0.1, 0.15) is 0 Å². The van der Waals surface area contributed by atoms with Crippen molar-refractivity contribution in [2.24, 2.45) is 28.6 Å². The molecule has 0 N–H and O–H groups in total. The first-order valence-corrected chi connectivity index (χ1v) is 48.3. The van der Waals surface area contributed by atoms with Gasteiger partial charge in [-0.2, -0.15) is 0 Å². The molecule has 15 aromatic carbocycles. The zero-order chi connectivity index (χ0) is 87.7. The van der Waals surface area contributed by atoms with Crippen LogP contribution in [0.2, 0.25) is 0 Å². The number of nitrogens with zero attached hydrogens (tertiary/aromatic N) is 4. The van der Waals surface area contributed by atoms with E-state index < -0.39 is 0 Å². The van der Waals surface area contributed by atoms with Crippen LogP contribution >= 0.6 is 0 Å². The summed E-state index contributed by atoms with van der Waals surface area (Å²) in [5.41, 5.74) is 44.0. The van der Waals surface area contributed by atoms with Gasteiger partial charge in [0, 0.05) is 84.7 Å². The summed E-state index contributed by atoms with van der Waals surface area (Å²) in [7, 11) is 0. The van der Waals surface area contributed by atoms with Crippen LogP contribution in [0.1, 0.15) is 141 Å². The molecule has 1 aromatic heterocycles. The average Bonchev–Trinajstić information content (AvgIpc) is 1.08. The van der Waals surface area contributed by atoms with Crippen LogP contribution in [0.5, 0.6) is 0 Å². The van der Waals surface area contributed by atoms with Crippen molar-refractivity contribution in [2.75, 3.05) is 14.7 Å². The van der Waals surface area contributed by atoms with E-state index >= 15 is 0 Å². The van der Waals surface area contributed by atoms with Crippen LogP contribution in [0.25, 0.3) is 99.8 Å². The van der Waals surface area contributed by atoms with Crippen molar-refractivity contribution in [1.29, 1.82) is 0 Å². The first kappa shape index (κ1) is 80.3. The van der Waals surface area contributed by atoms with Crippen LogP contribution in [0, 0.1) is 28.6 Å². The Labute approximate surface area is 773 Å². The highest BCUT2D eigenvalue weighted by Gasteiger charge is 2.49. The maximum absolute atomic E-state index is 2.85. The van der Waals surface area contributed by atoms with Gasteiger partial charge in [-0.05, 0) is 257 Å². The summed E-state index contributed by atoms with van der Waals surface area (Å²) >= 11 is 0. The minimum absolute atomic E-state index is 0.0489. The van der Waals surface area contributed by atoms with Gasteiger partial charge in [0.25, 0.3) is 6.71 Å². The minimum atomic E-state index is -0.315. The van der Waals surface area contributed by atoms with Gasteiger partial charge in [0.2, 0.25) is 0 Å². The number of para-hydroxylation sites is 2. The highest BCUT2D eigenvalue weighted by atomic mass is 15.2. The predicted molar refractivity (Wildman–Crippen MR) is 556 cm³/mol. The van der Waals surface area contributed by atoms with Gasteiger partial charge < -0.3 is 19.3 Å². The lowest BCUT2D eigenvalue weighted by molar-refractivity contribution is 0.329. The molecular formula is C126H109BN4. The molecule has 24 rings (SSSR count). The standard InChI is InChI=1S/C126H109BN4/c1-125(2,3)98-69-93-55-56-94-70-99(126(4,5)6)78-111-106(76-97(71-98)120(93)121(94)111)92-61-67-112-116(77-92)130(123-107(88-43-23-11-24-44-88)72-95(84-39-19-9-20-40-84)73-108(123)89-45-25-12-26-46-89)118-80-103(128(100-62-57-86(58-63-100)82-35-15-7-16-36-82)101-64-59-87(60-65-101)83-37-17-8-18-38-83)81-119-122(118)127(112)113-68-66-102(129-114-53-33-31-51-104(114)105-52-32-34-54-115(105)129)79-117(113)131(119)124-109(90-47-27-13-28-48-90)74-96(85-41-21-10-22-42-85)75-110(124)91-49-29-14-30-50-91/h7-8,11-18,23-38,43-69,71-81,84-85,94,120-121H,9-10,19-22,39-42,70H2,1-6H3. The summed E-state index contributed by atoms with van der Waals surface area (Å²) < 4.78 is 2.55. The average molecular weight is 1690 g/mol. The lowest BCUT2D eigenvalue weighted by atomic mass is 9.33. The van der Waals surface area contributed by atoms with Crippen molar-refractivity contribution in [2.45, 2.75) is 124 Å². The Bertz CT molecular complexity index is 7110. The van der Waals surface area contributed by atoms with Crippen LogP contribution in [0.3, 0.4) is 0 Å². The third-order valence-electron chi connectivity index (χ3n) is 30.4. The molecule has 0 bridgehead atoms.